The SMILES string of the molecule is CCNC(CSCC)Cc1cccc(Cl)c1Cl. The number of hydrogen-bond acceptors (Lipinski definition) is 2. The molecule has 96 valence electrons. The van der Waals surface area contributed by atoms with E-state index in [-0.39, 0.29) is 0 Å². The van der Waals surface area contributed by atoms with Crippen LogP contribution in [0.15, 0.2) is 18.2 Å². The standard InChI is InChI=1S/C13H19Cl2NS/c1-3-16-11(9-17-4-2)8-10-6-5-7-12(14)13(10)15/h5-7,11,16H,3-4,8-9H2,1-2H3. The van der Waals surface area contributed by atoms with Crippen LogP contribution >= 0.6 is 35.0 Å². The van der Waals surface area contributed by atoms with Gasteiger partial charge in [-0.15, -0.1) is 0 Å². The molecule has 1 rings (SSSR count). The molecule has 0 radical (unpaired) electrons. The third-order valence-electron chi connectivity index (χ3n) is 2.51. The fraction of sp³-hybridized carbons (Fsp3) is 0.538. The highest BCUT2D eigenvalue weighted by Crippen LogP contribution is 2.26. The fourth-order valence-electron chi connectivity index (χ4n) is 1.71. The normalized spacial score (nSPS) is 12.7. The maximum Gasteiger partial charge on any atom is 0.0624 e. The van der Waals surface area contributed by atoms with Crippen molar-refractivity contribution in [2.45, 2.75) is 26.3 Å². The van der Waals surface area contributed by atoms with E-state index in [1.165, 1.54) is 0 Å². The highest BCUT2D eigenvalue weighted by Gasteiger charge is 2.11. The summed E-state index contributed by atoms with van der Waals surface area (Å²) in [4.78, 5) is 0. The van der Waals surface area contributed by atoms with Crippen LogP contribution in [0.1, 0.15) is 19.4 Å². The van der Waals surface area contributed by atoms with E-state index in [0.717, 1.165) is 30.0 Å². The highest BCUT2D eigenvalue weighted by molar-refractivity contribution is 7.99. The molecule has 0 saturated heterocycles. The van der Waals surface area contributed by atoms with Crippen LogP contribution in [0.3, 0.4) is 0 Å². The number of rotatable bonds is 7. The lowest BCUT2D eigenvalue weighted by Crippen LogP contribution is -2.33. The molecule has 0 aliphatic heterocycles. The van der Waals surface area contributed by atoms with E-state index in [2.05, 4.69) is 25.2 Å². The zero-order chi connectivity index (χ0) is 12.7. The molecular formula is C13H19Cl2NS. The number of halogens is 2. The van der Waals surface area contributed by atoms with Crippen molar-refractivity contribution in [3.8, 4) is 0 Å². The van der Waals surface area contributed by atoms with E-state index in [9.17, 15) is 0 Å². The molecule has 0 bridgehead atoms. The molecule has 0 aromatic heterocycles. The Labute approximate surface area is 118 Å². The van der Waals surface area contributed by atoms with Gasteiger partial charge < -0.3 is 5.32 Å². The van der Waals surface area contributed by atoms with Crippen molar-refractivity contribution >= 4 is 35.0 Å². The van der Waals surface area contributed by atoms with Crippen LogP contribution in [0.2, 0.25) is 10.0 Å². The molecule has 1 aromatic rings. The first-order chi connectivity index (χ1) is 8.19. The van der Waals surface area contributed by atoms with Crippen LogP contribution in [-0.2, 0) is 6.42 Å². The number of nitrogens with one attached hydrogen (secondary N) is 1. The van der Waals surface area contributed by atoms with E-state index in [0.29, 0.717) is 16.1 Å². The molecule has 0 spiro atoms. The predicted octanol–water partition coefficient (Wildman–Crippen LogP) is 4.27. The van der Waals surface area contributed by atoms with Crippen LogP contribution in [0.5, 0.6) is 0 Å². The summed E-state index contributed by atoms with van der Waals surface area (Å²) in [6, 6.07) is 6.30. The minimum atomic E-state index is 0.459. The second kappa shape index (κ2) is 8.25. The number of likely N-dealkylation sites (N-methyl/N-ethyl adjacent to an activating group) is 1. The van der Waals surface area contributed by atoms with Gasteiger partial charge in [0.1, 0.15) is 0 Å². The Kier molecular flexibility index (Phi) is 7.36. The van der Waals surface area contributed by atoms with Crippen molar-refractivity contribution in [2.75, 3.05) is 18.1 Å². The summed E-state index contributed by atoms with van der Waals surface area (Å²) in [5.41, 5.74) is 1.13. The van der Waals surface area contributed by atoms with Crippen LogP contribution in [0, 0.1) is 0 Å². The van der Waals surface area contributed by atoms with E-state index in [1.807, 2.05) is 23.9 Å². The largest absolute Gasteiger partial charge is 0.313 e. The minimum Gasteiger partial charge on any atom is -0.313 e. The van der Waals surface area contributed by atoms with Crippen molar-refractivity contribution in [1.29, 1.82) is 0 Å². The Morgan fingerprint density at radius 3 is 2.71 bits per heavy atom. The maximum absolute atomic E-state index is 6.20. The summed E-state index contributed by atoms with van der Waals surface area (Å²) in [5.74, 6) is 2.25. The van der Waals surface area contributed by atoms with Gasteiger partial charge in [-0.2, -0.15) is 11.8 Å². The average molecular weight is 292 g/mol. The lowest BCUT2D eigenvalue weighted by atomic mass is 10.1. The van der Waals surface area contributed by atoms with E-state index < -0.39 is 0 Å². The summed E-state index contributed by atoms with van der Waals surface area (Å²) in [7, 11) is 0. The lowest BCUT2D eigenvalue weighted by Gasteiger charge is -2.18. The Morgan fingerprint density at radius 1 is 1.29 bits per heavy atom. The van der Waals surface area contributed by atoms with Gasteiger partial charge in [0.2, 0.25) is 0 Å². The van der Waals surface area contributed by atoms with Gasteiger partial charge in [-0.1, -0.05) is 49.2 Å². The molecule has 1 N–H and O–H groups in total. The van der Waals surface area contributed by atoms with Gasteiger partial charge >= 0.3 is 0 Å². The second-order valence-electron chi connectivity index (χ2n) is 3.83. The predicted molar refractivity (Wildman–Crippen MR) is 80.6 cm³/mol. The zero-order valence-electron chi connectivity index (χ0n) is 10.3. The average Bonchev–Trinajstić information content (AvgIpc) is 2.32. The van der Waals surface area contributed by atoms with Crippen LogP contribution in [0.4, 0.5) is 0 Å². The smallest absolute Gasteiger partial charge is 0.0624 e. The van der Waals surface area contributed by atoms with E-state index in [4.69, 9.17) is 23.2 Å². The third kappa shape index (κ3) is 5.09. The first-order valence-corrected chi connectivity index (χ1v) is 7.84. The van der Waals surface area contributed by atoms with Crippen molar-refractivity contribution in [3.05, 3.63) is 33.8 Å². The molecule has 0 amide bonds. The van der Waals surface area contributed by atoms with Gasteiger partial charge in [-0.05, 0) is 30.3 Å². The van der Waals surface area contributed by atoms with E-state index in [1.54, 1.807) is 0 Å². The first-order valence-electron chi connectivity index (χ1n) is 5.93. The molecule has 0 aliphatic rings. The fourth-order valence-corrected chi connectivity index (χ4v) is 2.86. The first kappa shape index (κ1) is 15.2. The summed E-state index contributed by atoms with van der Waals surface area (Å²) in [5, 5.41) is 4.82. The Bertz CT molecular complexity index is 344. The van der Waals surface area contributed by atoms with Crippen LogP contribution in [-0.4, -0.2) is 24.1 Å². The summed E-state index contributed by atoms with van der Waals surface area (Å²) < 4.78 is 0. The van der Waals surface area contributed by atoms with Crippen molar-refractivity contribution in [3.63, 3.8) is 0 Å². The van der Waals surface area contributed by atoms with Gasteiger partial charge in [0.05, 0.1) is 10.0 Å². The van der Waals surface area contributed by atoms with Crippen molar-refractivity contribution < 1.29 is 0 Å². The molecule has 0 aliphatic carbocycles. The molecule has 4 heteroatoms. The molecule has 0 fully saturated rings. The van der Waals surface area contributed by atoms with Crippen molar-refractivity contribution in [1.82, 2.24) is 5.32 Å². The zero-order valence-corrected chi connectivity index (χ0v) is 12.6. The quantitative estimate of drug-likeness (QED) is 0.805. The Balaban J connectivity index is 2.67. The van der Waals surface area contributed by atoms with Gasteiger partial charge in [-0.25, -0.2) is 0 Å². The van der Waals surface area contributed by atoms with Crippen LogP contribution < -0.4 is 5.32 Å². The molecule has 1 nitrogen and oxygen atoms in total. The minimum absolute atomic E-state index is 0.459. The Hall–Kier alpha value is 0.110. The lowest BCUT2D eigenvalue weighted by molar-refractivity contribution is 0.573. The van der Waals surface area contributed by atoms with Crippen LogP contribution in [0.25, 0.3) is 0 Å². The number of benzene rings is 1. The number of hydrogen-bond donors (Lipinski definition) is 1. The van der Waals surface area contributed by atoms with Gasteiger partial charge in [0.15, 0.2) is 0 Å². The summed E-state index contributed by atoms with van der Waals surface area (Å²) in [6.45, 7) is 5.29. The van der Waals surface area contributed by atoms with Gasteiger partial charge in [-0.3, -0.25) is 0 Å². The maximum atomic E-state index is 6.20. The molecule has 1 atom stereocenters. The topological polar surface area (TPSA) is 12.0 Å². The second-order valence-corrected chi connectivity index (χ2v) is 5.94. The third-order valence-corrected chi connectivity index (χ3v) is 4.42. The Morgan fingerprint density at radius 2 is 2.06 bits per heavy atom. The molecular weight excluding hydrogens is 273 g/mol. The van der Waals surface area contributed by atoms with Gasteiger partial charge in [0, 0.05) is 11.8 Å². The molecule has 17 heavy (non-hydrogen) atoms. The van der Waals surface area contributed by atoms with Gasteiger partial charge in [0.25, 0.3) is 0 Å². The monoisotopic (exact) mass is 291 g/mol. The van der Waals surface area contributed by atoms with E-state index >= 15 is 0 Å². The summed E-state index contributed by atoms with van der Waals surface area (Å²) in [6.07, 6.45) is 0.931. The van der Waals surface area contributed by atoms with Crippen molar-refractivity contribution in [2.24, 2.45) is 0 Å². The molecule has 0 heterocycles. The molecule has 1 unspecified atom stereocenters. The summed E-state index contributed by atoms with van der Waals surface area (Å²) >= 11 is 14.2. The number of thioether (sulfide) groups is 1. The highest BCUT2D eigenvalue weighted by atomic mass is 35.5. The molecule has 0 saturated carbocycles. The molecule has 1 aromatic carbocycles.